The lowest BCUT2D eigenvalue weighted by molar-refractivity contribution is -0.211. The first kappa shape index (κ1) is 10.7. The summed E-state index contributed by atoms with van der Waals surface area (Å²) in [5.74, 6) is 0. The zero-order chi connectivity index (χ0) is 9.52. The van der Waals surface area contributed by atoms with Crippen molar-refractivity contribution in [2.45, 2.75) is 51.9 Å². The van der Waals surface area contributed by atoms with Crippen LogP contribution >= 0.6 is 0 Å². The first-order valence-electron chi connectivity index (χ1n) is 5.28. The van der Waals surface area contributed by atoms with E-state index in [0.29, 0.717) is 6.10 Å². The normalized spacial score (nSPS) is 29.7. The highest BCUT2D eigenvalue weighted by molar-refractivity contribution is 4.84. The van der Waals surface area contributed by atoms with Gasteiger partial charge >= 0.3 is 0 Å². The smallest absolute Gasteiger partial charge is 0.157 e. The van der Waals surface area contributed by atoms with Crippen molar-refractivity contribution in [1.29, 1.82) is 0 Å². The minimum Gasteiger partial charge on any atom is -0.353 e. The van der Waals surface area contributed by atoms with Crippen molar-refractivity contribution in [1.82, 2.24) is 0 Å². The van der Waals surface area contributed by atoms with Gasteiger partial charge in [-0.05, 0) is 25.7 Å². The molecule has 0 amide bonds. The third-order valence-corrected chi connectivity index (χ3v) is 2.22. The van der Waals surface area contributed by atoms with Gasteiger partial charge in [0.25, 0.3) is 0 Å². The number of rotatable bonds is 4. The second-order valence-corrected chi connectivity index (χ2v) is 3.37. The van der Waals surface area contributed by atoms with E-state index >= 15 is 0 Å². The molecule has 0 spiro atoms. The summed E-state index contributed by atoms with van der Waals surface area (Å²) < 4.78 is 11.1. The first-order chi connectivity index (χ1) is 6.36. The summed E-state index contributed by atoms with van der Waals surface area (Å²) in [4.78, 5) is 0. The van der Waals surface area contributed by atoms with Crippen molar-refractivity contribution in [2.75, 3.05) is 6.61 Å². The Morgan fingerprint density at radius 2 is 2.15 bits per heavy atom. The SMILES string of the molecule is CC/C=C/C[C@@H]1CCO[C@H](CC)O1. The maximum atomic E-state index is 5.71. The molecule has 0 unspecified atom stereocenters. The molecule has 0 aliphatic carbocycles. The highest BCUT2D eigenvalue weighted by atomic mass is 16.7. The van der Waals surface area contributed by atoms with Crippen LogP contribution in [0.4, 0.5) is 0 Å². The molecule has 0 aromatic rings. The Morgan fingerprint density at radius 1 is 1.31 bits per heavy atom. The van der Waals surface area contributed by atoms with E-state index in [9.17, 15) is 0 Å². The molecular weight excluding hydrogens is 164 g/mol. The molecule has 1 saturated heterocycles. The fraction of sp³-hybridized carbons (Fsp3) is 0.818. The van der Waals surface area contributed by atoms with Gasteiger partial charge in [-0.1, -0.05) is 26.0 Å². The zero-order valence-corrected chi connectivity index (χ0v) is 8.66. The maximum absolute atomic E-state index is 5.71. The Hall–Kier alpha value is -0.340. The van der Waals surface area contributed by atoms with Gasteiger partial charge in [0.15, 0.2) is 6.29 Å². The molecule has 2 nitrogen and oxygen atoms in total. The minimum atomic E-state index is 0.0359. The third kappa shape index (κ3) is 3.92. The molecule has 1 aliphatic rings. The molecule has 2 heteroatoms. The van der Waals surface area contributed by atoms with Gasteiger partial charge in [0.05, 0.1) is 12.7 Å². The van der Waals surface area contributed by atoms with Crippen molar-refractivity contribution < 1.29 is 9.47 Å². The van der Waals surface area contributed by atoms with E-state index in [0.717, 1.165) is 32.3 Å². The third-order valence-electron chi connectivity index (χ3n) is 2.22. The van der Waals surface area contributed by atoms with E-state index in [1.807, 2.05) is 0 Å². The number of hydrogen-bond donors (Lipinski definition) is 0. The van der Waals surface area contributed by atoms with Gasteiger partial charge in [0.2, 0.25) is 0 Å². The van der Waals surface area contributed by atoms with Crippen LogP contribution in [-0.2, 0) is 9.47 Å². The molecule has 0 bridgehead atoms. The lowest BCUT2D eigenvalue weighted by Gasteiger charge is -2.29. The van der Waals surface area contributed by atoms with Crippen LogP contribution in [0.15, 0.2) is 12.2 Å². The topological polar surface area (TPSA) is 18.5 Å². The van der Waals surface area contributed by atoms with Gasteiger partial charge in [-0.15, -0.1) is 0 Å². The second kappa shape index (κ2) is 6.17. The lowest BCUT2D eigenvalue weighted by atomic mass is 10.1. The van der Waals surface area contributed by atoms with Crippen LogP contribution < -0.4 is 0 Å². The summed E-state index contributed by atoms with van der Waals surface area (Å²) in [6.45, 7) is 5.09. The average molecular weight is 184 g/mol. The van der Waals surface area contributed by atoms with Gasteiger partial charge in [0, 0.05) is 0 Å². The van der Waals surface area contributed by atoms with E-state index in [-0.39, 0.29) is 6.29 Å². The summed E-state index contributed by atoms with van der Waals surface area (Å²) in [6, 6.07) is 0. The van der Waals surface area contributed by atoms with Gasteiger partial charge < -0.3 is 9.47 Å². The molecular formula is C11H20O2. The Kier molecular flexibility index (Phi) is 5.09. The van der Waals surface area contributed by atoms with Crippen LogP contribution in [0.2, 0.25) is 0 Å². The van der Waals surface area contributed by atoms with E-state index in [4.69, 9.17) is 9.47 Å². The Morgan fingerprint density at radius 3 is 2.85 bits per heavy atom. The lowest BCUT2D eigenvalue weighted by Crippen LogP contribution is -2.31. The van der Waals surface area contributed by atoms with Crippen LogP contribution in [0, 0.1) is 0 Å². The average Bonchev–Trinajstić information content (AvgIpc) is 2.19. The summed E-state index contributed by atoms with van der Waals surface area (Å²) in [5, 5.41) is 0. The molecule has 1 aliphatic heterocycles. The summed E-state index contributed by atoms with van der Waals surface area (Å²) in [6.07, 6.45) is 8.95. The number of allylic oxidation sites excluding steroid dienone is 1. The van der Waals surface area contributed by atoms with Crippen molar-refractivity contribution in [3.8, 4) is 0 Å². The molecule has 0 aromatic carbocycles. The highest BCUT2D eigenvalue weighted by Gasteiger charge is 2.19. The van der Waals surface area contributed by atoms with Crippen molar-refractivity contribution in [3.05, 3.63) is 12.2 Å². The molecule has 13 heavy (non-hydrogen) atoms. The molecule has 76 valence electrons. The maximum Gasteiger partial charge on any atom is 0.157 e. The predicted octanol–water partition coefficient (Wildman–Crippen LogP) is 2.88. The molecule has 0 radical (unpaired) electrons. The van der Waals surface area contributed by atoms with Gasteiger partial charge in [-0.2, -0.15) is 0 Å². The van der Waals surface area contributed by atoms with Crippen molar-refractivity contribution >= 4 is 0 Å². The van der Waals surface area contributed by atoms with E-state index in [1.165, 1.54) is 0 Å². The van der Waals surface area contributed by atoms with Crippen molar-refractivity contribution in [2.24, 2.45) is 0 Å². The molecule has 0 aromatic heterocycles. The van der Waals surface area contributed by atoms with Crippen LogP contribution in [0.5, 0.6) is 0 Å². The van der Waals surface area contributed by atoms with Crippen LogP contribution in [0.25, 0.3) is 0 Å². The first-order valence-corrected chi connectivity index (χ1v) is 5.28. The van der Waals surface area contributed by atoms with Crippen LogP contribution in [0.1, 0.15) is 39.5 Å². The monoisotopic (exact) mass is 184 g/mol. The van der Waals surface area contributed by atoms with Gasteiger partial charge in [0.1, 0.15) is 0 Å². The molecule has 1 fully saturated rings. The predicted molar refractivity (Wildman–Crippen MR) is 53.6 cm³/mol. The standard InChI is InChI=1S/C11H20O2/c1-3-5-6-7-10-8-9-12-11(4-2)13-10/h5-6,10-11H,3-4,7-9H2,1-2H3/b6-5+/t10-,11+/m1/s1. The molecule has 2 atom stereocenters. The fourth-order valence-corrected chi connectivity index (χ4v) is 1.46. The van der Waals surface area contributed by atoms with Gasteiger partial charge in [-0.25, -0.2) is 0 Å². The van der Waals surface area contributed by atoms with E-state index < -0.39 is 0 Å². The fourth-order valence-electron chi connectivity index (χ4n) is 1.46. The van der Waals surface area contributed by atoms with E-state index in [2.05, 4.69) is 26.0 Å². The van der Waals surface area contributed by atoms with Crippen LogP contribution in [-0.4, -0.2) is 19.0 Å². The largest absolute Gasteiger partial charge is 0.353 e. The number of hydrogen-bond acceptors (Lipinski definition) is 2. The number of ether oxygens (including phenoxy) is 2. The summed E-state index contributed by atoms with van der Waals surface area (Å²) in [7, 11) is 0. The molecule has 0 saturated carbocycles. The Bertz CT molecular complexity index is 154. The van der Waals surface area contributed by atoms with Gasteiger partial charge in [-0.3, -0.25) is 0 Å². The summed E-state index contributed by atoms with van der Waals surface area (Å²) >= 11 is 0. The Balaban J connectivity index is 2.21. The highest BCUT2D eigenvalue weighted by Crippen LogP contribution is 2.17. The summed E-state index contributed by atoms with van der Waals surface area (Å²) in [5.41, 5.74) is 0. The minimum absolute atomic E-state index is 0.0359. The quantitative estimate of drug-likeness (QED) is 0.625. The molecule has 0 N–H and O–H groups in total. The molecule has 1 heterocycles. The van der Waals surface area contributed by atoms with E-state index in [1.54, 1.807) is 0 Å². The molecule has 1 rings (SSSR count). The second-order valence-electron chi connectivity index (χ2n) is 3.37. The van der Waals surface area contributed by atoms with Crippen LogP contribution in [0.3, 0.4) is 0 Å². The Labute approximate surface area is 80.9 Å². The van der Waals surface area contributed by atoms with Crippen molar-refractivity contribution in [3.63, 3.8) is 0 Å². The zero-order valence-electron chi connectivity index (χ0n) is 8.66.